The van der Waals surface area contributed by atoms with Gasteiger partial charge in [-0.3, -0.25) is 0 Å². The second-order valence-corrected chi connectivity index (χ2v) is 4.71. The van der Waals surface area contributed by atoms with Crippen molar-refractivity contribution in [3.63, 3.8) is 0 Å². The third-order valence-electron chi connectivity index (χ3n) is 3.64. The highest BCUT2D eigenvalue weighted by atomic mass is 16.5. The van der Waals surface area contributed by atoms with Gasteiger partial charge in [0.1, 0.15) is 5.54 Å². The van der Waals surface area contributed by atoms with Crippen molar-refractivity contribution in [1.82, 2.24) is 0 Å². The number of rotatable bonds is 2. The summed E-state index contributed by atoms with van der Waals surface area (Å²) in [6, 6.07) is 6.34. The predicted octanol–water partition coefficient (Wildman–Crippen LogP) is 2.67. The molecule has 0 amide bonds. The Bertz CT molecular complexity index is 442. The van der Waals surface area contributed by atoms with E-state index in [1.54, 1.807) is 0 Å². The largest absolute Gasteiger partial charge is 0.467 e. The third kappa shape index (κ3) is 2.02. The first-order valence-electron chi connectivity index (χ1n) is 6.07. The normalized spacial score (nSPS) is 22.5. The summed E-state index contributed by atoms with van der Waals surface area (Å²) in [5.74, 6) is -0.160. The molecular weight excluding hydrogens is 214 g/mol. The molecule has 92 valence electrons. The molecule has 1 heterocycles. The fraction of sp³-hybridized carbons (Fsp3) is 0.500. The molecule has 1 aromatic rings. The molecule has 1 aliphatic heterocycles. The molecule has 0 aliphatic carbocycles. The molecule has 0 spiro atoms. The van der Waals surface area contributed by atoms with Crippen molar-refractivity contribution < 1.29 is 9.53 Å². The van der Waals surface area contributed by atoms with Crippen LogP contribution in [0.5, 0.6) is 0 Å². The molecule has 0 aromatic heterocycles. The number of aryl methyl sites for hydroxylation is 2. The first-order chi connectivity index (χ1) is 8.11. The lowest BCUT2D eigenvalue weighted by Gasteiger charge is -2.36. The topological polar surface area (TPSA) is 38.3 Å². The summed E-state index contributed by atoms with van der Waals surface area (Å²) in [5, 5.41) is 3.38. The van der Waals surface area contributed by atoms with Crippen LogP contribution in [0.15, 0.2) is 18.2 Å². The SMILES string of the molecule is CCC1(C(=O)OC)CCc2ccc(C)cc2N1. The van der Waals surface area contributed by atoms with Crippen LogP contribution in [0.2, 0.25) is 0 Å². The van der Waals surface area contributed by atoms with Crippen molar-refractivity contribution in [1.29, 1.82) is 0 Å². The molecular formula is C14H19NO2. The van der Waals surface area contributed by atoms with Gasteiger partial charge in [-0.1, -0.05) is 19.1 Å². The van der Waals surface area contributed by atoms with E-state index in [0.29, 0.717) is 0 Å². The summed E-state index contributed by atoms with van der Waals surface area (Å²) >= 11 is 0. The molecule has 0 bridgehead atoms. The van der Waals surface area contributed by atoms with Crippen molar-refractivity contribution in [3.05, 3.63) is 29.3 Å². The smallest absolute Gasteiger partial charge is 0.331 e. The molecule has 1 aliphatic rings. The fourth-order valence-electron chi connectivity index (χ4n) is 2.45. The molecule has 0 saturated carbocycles. The lowest BCUT2D eigenvalue weighted by Crippen LogP contribution is -2.49. The summed E-state index contributed by atoms with van der Waals surface area (Å²) in [5.41, 5.74) is 3.01. The minimum absolute atomic E-state index is 0.160. The highest BCUT2D eigenvalue weighted by Crippen LogP contribution is 2.34. The number of methoxy groups -OCH3 is 1. The van der Waals surface area contributed by atoms with Gasteiger partial charge >= 0.3 is 5.97 Å². The van der Waals surface area contributed by atoms with Crippen LogP contribution in [0.4, 0.5) is 5.69 Å². The molecule has 1 N–H and O–H groups in total. The van der Waals surface area contributed by atoms with Crippen LogP contribution in [-0.2, 0) is 16.0 Å². The zero-order valence-corrected chi connectivity index (χ0v) is 10.7. The first-order valence-corrected chi connectivity index (χ1v) is 6.07. The van der Waals surface area contributed by atoms with Gasteiger partial charge in [0.05, 0.1) is 7.11 Å². The van der Waals surface area contributed by atoms with Gasteiger partial charge in [0, 0.05) is 5.69 Å². The Morgan fingerprint density at radius 3 is 2.94 bits per heavy atom. The van der Waals surface area contributed by atoms with Gasteiger partial charge in [0.2, 0.25) is 0 Å². The van der Waals surface area contributed by atoms with E-state index in [1.165, 1.54) is 18.2 Å². The number of hydrogen-bond donors (Lipinski definition) is 1. The van der Waals surface area contributed by atoms with Crippen LogP contribution in [0.3, 0.4) is 0 Å². The number of benzene rings is 1. The number of fused-ring (bicyclic) bond motifs is 1. The minimum atomic E-state index is -0.546. The Balaban J connectivity index is 2.35. The van der Waals surface area contributed by atoms with Crippen LogP contribution >= 0.6 is 0 Å². The van der Waals surface area contributed by atoms with Crippen LogP contribution in [0.1, 0.15) is 30.9 Å². The van der Waals surface area contributed by atoms with Crippen molar-refractivity contribution in [2.75, 3.05) is 12.4 Å². The molecule has 1 aromatic carbocycles. The maximum Gasteiger partial charge on any atom is 0.331 e. The second kappa shape index (κ2) is 4.40. The quantitative estimate of drug-likeness (QED) is 0.798. The number of ether oxygens (including phenoxy) is 1. The van der Waals surface area contributed by atoms with Gasteiger partial charge in [-0.25, -0.2) is 4.79 Å². The molecule has 0 fully saturated rings. The summed E-state index contributed by atoms with van der Waals surface area (Å²) in [6.07, 6.45) is 2.46. The van der Waals surface area contributed by atoms with E-state index in [0.717, 1.165) is 24.9 Å². The molecule has 1 unspecified atom stereocenters. The molecule has 1 atom stereocenters. The number of carbonyl (C=O) groups is 1. The van der Waals surface area contributed by atoms with Crippen molar-refractivity contribution in [3.8, 4) is 0 Å². The van der Waals surface area contributed by atoms with Crippen LogP contribution < -0.4 is 5.32 Å². The lowest BCUT2D eigenvalue weighted by atomic mass is 9.84. The van der Waals surface area contributed by atoms with Gasteiger partial charge in [0.15, 0.2) is 0 Å². The molecule has 17 heavy (non-hydrogen) atoms. The van der Waals surface area contributed by atoms with Gasteiger partial charge in [-0.2, -0.15) is 0 Å². The number of anilines is 1. The van der Waals surface area contributed by atoms with Gasteiger partial charge in [-0.15, -0.1) is 0 Å². The Hall–Kier alpha value is -1.51. The van der Waals surface area contributed by atoms with E-state index >= 15 is 0 Å². The molecule has 2 rings (SSSR count). The summed E-state index contributed by atoms with van der Waals surface area (Å²) in [6.45, 7) is 4.08. The Morgan fingerprint density at radius 1 is 1.53 bits per heavy atom. The highest BCUT2D eigenvalue weighted by Gasteiger charge is 2.40. The number of carbonyl (C=O) groups excluding carboxylic acids is 1. The minimum Gasteiger partial charge on any atom is -0.467 e. The first kappa shape index (κ1) is 12.0. The van der Waals surface area contributed by atoms with Gasteiger partial charge in [-0.05, 0) is 43.4 Å². The van der Waals surface area contributed by atoms with Crippen molar-refractivity contribution in [2.24, 2.45) is 0 Å². The monoisotopic (exact) mass is 233 g/mol. The Labute approximate surface area is 102 Å². The van der Waals surface area contributed by atoms with Crippen LogP contribution in [0.25, 0.3) is 0 Å². The van der Waals surface area contributed by atoms with E-state index in [4.69, 9.17) is 4.74 Å². The highest BCUT2D eigenvalue weighted by molar-refractivity contribution is 5.85. The maximum absolute atomic E-state index is 11.9. The third-order valence-corrected chi connectivity index (χ3v) is 3.64. The lowest BCUT2D eigenvalue weighted by molar-refractivity contribution is -0.146. The van der Waals surface area contributed by atoms with Crippen LogP contribution in [-0.4, -0.2) is 18.6 Å². The summed E-state index contributed by atoms with van der Waals surface area (Å²) in [7, 11) is 1.45. The Kier molecular flexibility index (Phi) is 3.09. The molecule has 0 saturated heterocycles. The number of hydrogen-bond acceptors (Lipinski definition) is 3. The number of nitrogens with one attached hydrogen (secondary N) is 1. The summed E-state index contributed by atoms with van der Waals surface area (Å²) < 4.78 is 4.93. The predicted molar refractivity (Wildman–Crippen MR) is 68.2 cm³/mol. The fourth-order valence-corrected chi connectivity index (χ4v) is 2.45. The van der Waals surface area contributed by atoms with Gasteiger partial charge in [0.25, 0.3) is 0 Å². The zero-order valence-electron chi connectivity index (χ0n) is 10.7. The summed E-state index contributed by atoms with van der Waals surface area (Å²) in [4.78, 5) is 11.9. The average Bonchev–Trinajstić information content (AvgIpc) is 2.36. The molecule has 3 nitrogen and oxygen atoms in total. The van der Waals surface area contributed by atoms with Crippen molar-refractivity contribution in [2.45, 2.75) is 38.6 Å². The van der Waals surface area contributed by atoms with E-state index in [9.17, 15) is 4.79 Å². The van der Waals surface area contributed by atoms with E-state index < -0.39 is 5.54 Å². The van der Waals surface area contributed by atoms with E-state index in [-0.39, 0.29) is 5.97 Å². The Morgan fingerprint density at radius 2 is 2.29 bits per heavy atom. The number of esters is 1. The zero-order chi connectivity index (χ0) is 12.5. The maximum atomic E-state index is 11.9. The van der Waals surface area contributed by atoms with E-state index in [2.05, 4.69) is 30.4 Å². The second-order valence-electron chi connectivity index (χ2n) is 4.71. The molecule has 0 radical (unpaired) electrons. The van der Waals surface area contributed by atoms with E-state index in [1.807, 2.05) is 6.92 Å². The molecule has 3 heteroatoms. The van der Waals surface area contributed by atoms with Crippen molar-refractivity contribution >= 4 is 11.7 Å². The standard InChI is InChI=1S/C14H19NO2/c1-4-14(13(16)17-3)8-7-11-6-5-10(2)9-12(11)15-14/h5-6,9,15H,4,7-8H2,1-3H3. The van der Waals surface area contributed by atoms with Crippen LogP contribution in [0, 0.1) is 6.92 Å². The average molecular weight is 233 g/mol. The van der Waals surface area contributed by atoms with Gasteiger partial charge < -0.3 is 10.1 Å².